The summed E-state index contributed by atoms with van der Waals surface area (Å²) in [4.78, 5) is 69.5. The van der Waals surface area contributed by atoms with Gasteiger partial charge in [0.25, 0.3) is 5.91 Å². The SMILES string of the molecule is C#CC[C@H](NC(=O)CNC(=O)[C@H](CCC(=O)O)NC(=O)c1ccc(/C=C/C=O)cc1)C(N)=O. The van der Waals surface area contributed by atoms with E-state index in [2.05, 4.69) is 21.9 Å². The maximum absolute atomic E-state index is 12.5. The molecule has 11 nitrogen and oxygen atoms in total. The van der Waals surface area contributed by atoms with E-state index < -0.39 is 54.6 Å². The first-order chi connectivity index (χ1) is 15.7. The summed E-state index contributed by atoms with van der Waals surface area (Å²) in [5, 5.41) is 15.9. The molecular formula is C22H24N4O7. The monoisotopic (exact) mass is 456 g/mol. The highest BCUT2D eigenvalue weighted by molar-refractivity contribution is 5.98. The van der Waals surface area contributed by atoms with E-state index in [1.165, 1.54) is 24.3 Å². The highest BCUT2D eigenvalue weighted by Gasteiger charge is 2.24. The number of primary amides is 1. The Labute approximate surface area is 189 Å². The minimum absolute atomic E-state index is 0.129. The molecule has 0 saturated carbocycles. The molecule has 0 radical (unpaired) electrons. The third-order valence-corrected chi connectivity index (χ3v) is 4.23. The second-order valence-corrected chi connectivity index (χ2v) is 6.72. The Morgan fingerprint density at radius 1 is 1.09 bits per heavy atom. The summed E-state index contributed by atoms with van der Waals surface area (Å²) < 4.78 is 0. The Hall–Kier alpha value is -4.46. The van der Waals surface area contributed by atoms with E-state index >= 15 is 0 Å². The van der Waals surface area contributed by atoms with Gasteiger partial charge in [-0.3, -0.25) is 28.8 Å². The first-order valence-electron chi connectivity index (χ1n) is 9.72. The zero-order chi connectivity index (χ0) is 24.8. The van der Waals surface area contributed by atoms with Crippen LogP contribution in [0.4, 0.5) is 0 Å². The lowest BCUT2D eigenvalue weighted by Gasteiger charge is -2.18. The lowest BCUT2D eigenvalue weighted by molar-refractivity contribution is -0.137. The molecule has 0 aliphatic rings. The number of benzene rings is 1. The van der Waals surface area contributed by atoms with Crippen LogP contribution < -0.4 is 21.7 Å². The van der Waals surface area contributed by atoms with Gasteiger partial charge in [-0.15, -0.1) is 12.3 Å². The van der Waals surface area contributed by atoms with Gasteiger partial charge in [-0.1, -0.05) is 18.2 Å². The summed E-state index contributed by atoms with van der Waals surface area (Å²) >= 11 is 0. The standard InChI is InChI=1S/C22H24N4O7/c1-2-4-16(20(23)31)25-18(28)13-24-22(33)17(10-11-19(29)30)26-21(32)15-8-6-14(7-9-15)5-3-12-27/h1,3,5-9,12,16-17H,4,10-11,13H2,(H2,23,31)(H,24,33)(H,25,28)(H,26,32)(H,29,30)/b5-3+/t16-,17-/m0/s1. The largest absolute Gasteiger partial charge is 0.481 e. The number of allylic oxidation sites excluding steroid dienone is 1. The zero-order valence-corrected chi connectivity index (χ0v) is 17.6. The maximum atomic E-state index is 12.5. The van der Waals surface area contributed by atoms with Gasteiger partial charge in [0.05, 0.1) is 6.54 Å². The predicted molar refractivity (Wildman–Crippen MR) is 117 cm³/mol. The van der Waals surface area contributed by atoms with Crippen LogP contribution in [-0.2, 0) is 24.0 Å². The van der Waals surface area contributed by atoms with E-state index in [-0.39, 0.29) is 18.4 Å². The number of carbonyl (C=O) groups excluding carboxylic acids is 5. The third-order valence-electron chi connectivity index (χ3n) is 4.23. The third kappa shape index (κ3) is 9.93. The number of nitrogens with one attached hydrogen (secondary N) is 3. The summed E-state index contributed by atoms with van der Waals surface area (Å²) in [7, 11) is 0. The second-order valence-electron chi connectivity index (χ2n) is 6.72. The van der Waals surface area contributed by atoms with Gasteiger partial charge in [0.1, 0.15) is 18.4 Å². The number of terminal acetylenes is 1. The molecule has 0 fully saturated rings. The molecule has 1 aromatic rings. The molecule has 1 aromatic carbocycles. The van der Waals surface area contributed by atoms with Crippen LogP contribution >= 0.6 is 0 Å². The van der Waals surface area contributed by atoms with Gasteiger partial charge in [-0.2, -0.15) is 0 Å². The van der Waals surface area contributed by atoms with Crippen molar-refractivity contribution in [2.75, 3.05) is 6.54 Å². The van der Waals surface area contributed by atoms with Crippen molar-refractivity contribution < 1.29 is 33.9 Å². The van der Waals surface area contributed by atoms with Crippen LogP contribution in [0.5, 0.6) is 0 Å². The Morgan fingerprint density at radius 3 is 2.30 bits per heavy atom. The van der Waals surface area contributed by atoms with E-state index in [9.17, 15) is 28.8 Å². The van der Waals surface area contributed by atoms with Gasteiger partial charge < -0.3 is 26.8 Å². The molecule has 0 aliphatic heterocycles. The lowest BCUT2D eigenvalue weighted by Crippen LogP contribution is -2.51. The minimum Gasteiger partial charge on any atom is -0.481 e. The summed E-state index contributed by atoms with van der Waals surface area (Å²) in [5.74, 6) is -2.01. The summed E-state index contributed by atoms with van der Waals surface area (Å²) in [6, 6.07) is 3.75. The van der Waals surface area contributed by atoms with Gasteiger partial charge in [0, 0.05) is 18.4 Å². The van der Waals surface area contributed by atoms with Gasteiger partial charge in [-0.25, -0.2) is 0 Å². The van der Waals surface area contributed by atoms with E-state index in [4.69, 9.17) is 17.3 Å². The molecule has 0 heterocycles. The Morgan fingerprint density at radius 2 is 1.76 bits per heavy atom. The molecule has 0 aliphatic carbocycles. The van der Waals surface area contributed by atoms with Crippen molar-refractivity contribution in [3.63, 3.8) is 0 Å². The Kier molecular flexibility index (Phi) is 11.1. The first kappa shape index (κ1) is 26.6. The van der Waals surface area contributed by atoms with Crippen molar-refractivity contribution in [3.05, 3.63) is 41.5 Å². The van der Waals surface area contributed by atoms with Crippen LogP contribution in [0.1, 0.15) is 35.2 Å². The highest BCUT2D eigenvalue weighted by Crippen LogP contribution is 2.07. The molecule has 4 amide bonds. The minimum atomic E-state index is -1.24. The molecule has 1 rings (SSSR count). The van der Waals surface area contributed by atoms with E-state index in [1.807, 2.05) is 0 Å². The topological polar surface area (TPSA) is 185 Å². The van der Waals surface area contributed by atoms with Gasteiger partial charge in [0.15, 0.2) is 0 Å². The highest BCUT2D eigenvalue weighted by atomic mass is 16.4. The van der Waals surface area contributed by atoms with E-state index in [0.29, 0.717) is 11.8 Å². The predicted octanol–water partition coefficient (Wildman–Crippen LogP) is -1.03. The van der Waals surface area contributed by atoms with Crippen molar-refractivity contribution in [3.8, 4) is 12.3 Å². The van der Waals surface area contributed by atoms with Gasteiger partial charge in [0.2, 0.25) is 17.7 Å². The number of carboxylic acids is 1. The second kappa shape index (κ2) is 13.8. The summed E-state index contributed by atoms with van der Waals surface area (Å²) in [6.07, 6.45) is 7.77. The fourth-order valence-corrected chi connectivity index (χ4v) is 2.55. The van der Waals surface area contributed by atoms with Crippen LogP contribution in [0.2, 0.25) is 0 Å². The number of aldehydes is 1. The van der Waals surface area contributed by atoms with Crippen LogP contribution in [0.25, 0.3) is 6.08 Å². The van der Waals surface area contributed by atoms with Crippen LogP contribution in [0.3, 0.4) is 0 Å². The van der Waals surface area contributed by atoms with E-state index in [0.717, 1.165) is 0 Å². The molecular weight excluding hydrogens is 432 g/mol. The van der Waals surface area contributed by atoms with Crippen LogP contribution in [-0.4, -0.2) is 59.6 Å². The molecule has 11 heteroatoms. The summed E-state index contributed by atoms with van der Waals surface area (Å²) in [5.41, 5.74) is 5.99. The average molecular weight is 456 g/mol. The molecule has 0 unspecified atom stereocenters. The number of carbonyl (C=O) groups is 6. The lowest BCUT2D eigenvalue weighted by atomic mass is 10.1. The van der Waals surface area contributed by atoms with Gasteiger partial charge >= 0.3 is 5.97 Å². The number of amides is 4. The quantitative estimate of drug-likeness (QED) is 0.143. The van der Waals surface area contributed by atoms with Crippen LogP contribution in [0.15, 0.2) is 30.3 Å². The number of hydrogen-bond donors (Lipinski definition) is 5. The summed E-state index contributed by atoms with van der Waals surface area (Å²) in [6.45, 7) is -0.551. The molecule has 0 aromatic heterocycles. The number of hydrogen-bond acceptors (Lipinski definition) is 6. The molecule has 0 bridgehead atoms. The number of carboxylic acid groups (broad SMARTS) is 1. The number of rotatable bonds is 13. The fraction of sp³-hybridized carbons (Fsp3) is 0.273. The molecule has 174 valence electrons. The number of nitrogens with two attached hydrogens (primary N) is 1. The van der Waals surface area contributed by atoms with Crippen molar-refractivity contribution in [2.45, 2.75) is 31.3 Å². The molecule has 6 N–H and O–H groups in total. The molecule has 0 saturated heterocycles. The van der Waals surface area contributed by atoms with Crippen molar-refractivity contribution >= 4 is 42.0 Å². The van der Waals surface area contributed by atoms with Crippen molar-refractivity contribution in [2.24, 2.45) is 5.73 Å². The fourth-order valence-electron chi connectivity index (χ4n) is 2.55. The molecule has 0 spiro atoms. The van der Waals surface area contributed by atoms with Gasteiger partial charge in [-0.05, 0) is 30.2 Å². The van der Waals surface area contributed by atoms with Crippen molar-refractivity contribution in [1.29, 1.82) is 0 Å². The van der Waals surface area contributed by atoms with E-state index in [1.54, 1.807) is 12.1 Å². The normalized spacial score (nSPS) is 12.1. The Bertz CT molecular complexity index is 964. The van der Waals surface area contributed by atoms with Crippen LogP contribution in [0, 0.1) is 12.3 Å². The first-order valence-corrected chi connectivity index (χ1v) is 9.72. The Balaban J connectivity index is 2.79. The number of aliphatic carboxylic acids is 1. The molecule has 2 atom stereocenters. The smallest absolute Gasteiger partial charge is 0.303 e. The average Bonchev–Trinajstić information content (AvgIpc) is 2.78. The molecule has 33 heavy (non-hydrogen) atoms. The van der Waals surface area contributed by atoms with Crippen molar-refractivity contribution in [1.82, 2.24) is 16.0 Å². The zero-order valence-electron chi connectivity index (χ0n) is 17.6. The maximum Gasteiger partial charge on any atom is 0.303 e.